The molecule has 1 aliphatic rings. The van der Waals surface area contributed by atoms with Crippen LogP contribution in [0.3, 0.4) is 0 Å². The van der Waals surface area contributed by atoms with Crippen LogP contribution < -0.4 is 0 Å². The van der Waals surface area contributed by atoms with Gasteiger partial charge in [0.1, 0.15) is 11.6 Å². The monoisotopic (exact) mass is 292 g/mol. The minimum Gasteiger partial charge on any atom is -0.388 e. The molecular weight excluding hydrogens is 282 g/mol. The van der Waals surface area contributed by atoms with Crippen LogP contribution in [0, 0.1) is 17.6 Å². The Morgan fingerprint density at radius 3 is 2.50 bits per heavy atom. The average molecular weight is 293 g/mol. The van der Waals surface area contributed by atoms with Gasteiger partial charge in [-0.1, -0.05) is 15.9 Å². The lowest BCUT2D eigenvalue weighted by Crippen LogP contribution is -2.15. The molecule has 2 rings (SSSR count). The summed E-state index contributed by atoms with van der Waals surface area (Å²) < 4.78 is 32.5. The molecule has 16 heavy (non-hydrogen) atoms. The van der Waals surface area contributed by atoms with E-state index in [1.165, 1.54) is 0 Å². The van der Waals surface area contributed by atoms with Crippen LogP contribution in [0.1, 0.15) is 18.1 Å². The first-order chi connectivity index (χ1) is 7.59. The first kappa shape index (κ1) is 12.0. The van der Waals surface area contributed by atoms with Crippen LogP contribution in [-0.2, 0) is 4.74 Å². The Balaban J connectivity index is 2.31. The number of benzene rings is 1. The molecule has 1 heterocycles. The van der Waals surface area contributed by atoms with E-state index in [1.807, 2.05) is 0 Å². The molecule has 1 aliphatic heterocycles. The van der Waals surface area contributed by atoms with Gasteiger partial charge in [0, 0.05) is 17.0 Å². The summed E-state index contributed by atoms with van der Waals surface area (Å²) in [5, 5.41) is 9.90. The van der Waals surface area contributed by atoms with E-state index in [9.17, 15) is 13.9 Å². The molecule has 1 saturated heterocycles. The Morgan fingerprint density at radius 1 is 1.38 bits per heavy atom. The smallest absolute Gasteiger partial charge is 0.133 e. The highest BCUT2D eigenvalue weighted by atomic mass is 79.9. The van der Waals surface area contributed by atoms with E-state index < -0.39 is 17.7 Å². The first-order valence-corrected chi connectivity index (χ1v) is 5.79. The third-order valence-corrected chi connectivity index (χ3v) is 3.21. The van der Waals surface area contributed by atoms with Crippen LogP contribution in [0.5, 0.6) is 0 Å². The number of hydrogen-bond donors (Lipinski definition) is 1. The SMILES string of the molecule is OC(c1c(F)cc(Br)cc1F)C1CCOC1. The Labute approximate surface area is 100 Å². The second kappa shape index (κ2) is 4.77. The number of aliphatic hydroxyl groups excluding tert-OH is 1. The lowest BCUT2D eigenvalue weighted by Gasteiger charge is -2.18. The standard InChI is InChI=1S/C11H11BrF2O2/c12-7-3-8(13)10(9(14)4-7)11(15)6-1-2-16-5-6/h3-4,6,11,15H,1-2,5H2. The summed E-state index contributed by atoms with van der Waals surface area (Å²) in [6, 6.07) is 2.30. The zero-order valence-electron chi connectivity index (χ0n) is 8.42. The molecule has 1 fully saturated rings. The van der Waals surface area contributed by atoms with Crippen molar-refractivity contribution in [1.29, 1.82) is 0 Å². The predicted molar refractivity (Wildman–Crippen MR) is 57.9 cm³/mol. The highest BCUT2D eigenvalue weighted by Gasteiger charge is 2.29. The molecule has 1 aromatic rings. The van der Waals surface area contributed by atoms with Crippen LogP contribution in [0.15, 0.2) is 16.6 Å². The van der Waals surface area contributed by atoms with Crippen molar-refractivity contribution in [2.45, 2.75) is 12.5 Å². The molecule has 1 N–H and O–H groups in total. The maximum atomic E-state index is 13.5. The Bertz CT molecular complexity index is 369. The van der Waals surface area contributed by atoms with E-state index in [2.05, 4.69) is 15.9 Å². The molecule has 0 amide bonds. The fourth-order valence-corrected chi connectivity index (χ4v) is 2.28. The summed E-state index contributed by atoms with van der Waals surface area (Å²) in [5.74, 6) is -1.69. The van der Waals surface area contributed by atoms with Gasteiger partial charge in [-0.3, -0.25) is 0 Å². The summed E-state index contributed by atoms with van der Waals surface area (Å²) in [4.78, 5) is 0. The van der Waals surface area contributed by atoms with Gasteiger partial charge >= 0.3 is 0 Å². The molecule has 0 spiro atoms. The molecular formula is C11H11BrF2O2. The van der Waals surface area contributed by atoms with Gasteiger partial charge in [-0.05, 0) is 18.6 Å². The van der Waals surface area contributed by atoms with Gasteiger partial charge in [0.25, 0.3) is 0 Å². The Hall–Kier alpha value is -0.520. The summed E-state index contributed by atoms with van der Waals surface area (Å²) in [6.45, 7) is 0.873. The van der Waals surface area contributed by atoms with Gasteiger partial charge in [-0.15, -0.1) is 0 Å². The van der Waals surface area contributed by atoms with Crippen molar-refractivity contribution in [2.24, 2.45) is 5.92 Å². The van der Waals surface area contributed by atoms with Crippen LogP contribution >= 0.6 is 15.9 Å². The minimum atomic E-state index is -1.14. The number of ether oxygens (including phenoxy) is 1. The van der Waals surface area contributed by atoms with Crippen molar-refractivity contribution < 1.29 is 18.6 Å². The van der Waals surface area contributed by atoms with Crippen LogP contribution in [0.2, 0.25) is 0 Å². The molecule has 0 aliphatic carbocycles. The van der Waals surface area contributed by atoms with E-state index in [1.54, 1.807) is 0 Å². The Kier molecular flexibility index (Phi) is 3.56. The lowest BCUT2D eigenvalue weighted by molar-refractivity contribution is 0.0858. The van der Waals surface area contributed by atoms with E-state index in [4.69, 9.17) is 4.74 Å². The first-order valence-electron chi connectivity index (χ1n) is 5.00. The fourth-order valence-electron chi connectivity index (χ4n) is 1.87. The van der Waals surface area contributed by atoms with Crippen molar-refractivity contribution in [2.75, 3.05) is 13.2 Å². The van der Waals surface area contributed by atoms with Crippen molar-refractivity contribution in [1.82, 2.24) is 0 Å². The van der Waals surface area contributed by atoms with Gasteiger partial charge in [-0.25, -0.2) is 8.78 Å². The van der Waals surface area contributed by atoms with Crippen molar-refractivity contribution in [3.8, 4) is 0 Å². The molecule has 0 saturated carbocycles. The summed E-state index contributed by atoms with van der Waals surface area (Å²) in [5.41, 5.74) is -0.265. The number of aliphatic hydroxyl groups is 1. The minimum absolute atomic E-state index is 0.231. The Morgan fingerprint density at radius 2 is 2.00 bits per heavy atom. The zero-order valence-corrected chi connectivity index (χ0v) is 10.0. The normalized spacial score (nSPS) is 22.4. The number of halogens is 3. The maximum absolute atomic E-state index is 13.5. The van der Waals surface area contributed by atoms with Gasteiger partial charge in [0.2, 0.25) is 0 Å². The molecule has 5 heteroatoms. The molecule has 0 aromatic heterocycles. The third kappa shape index (κ3) is 2.26. The van der Waals surface area contributed by atoms with Gasteiger partial charge < -0.3 is 9.84 Å². The van der Waals surface area contributed by atoms with Crippen LogP contribution in [0.4, 0.5) is 8.78 Å². The molecule has 0 radical (unpaired) electrons. The van der Waals surface area contributed by atoms with Crippen molar-refractivity contribution in [3.05, 3.63) is 33.8 Å². The average Bonchev–Trinajstić information content (AvgIpc) is 2.67. The molecule has 2 nitrogen and oxygen atoms in total. The van der Waals surface area contributed by atoms with Crippen molar-refractivity contribution in [3.63, 3.8) is 0 Å². The summed E-state index contributed by atoms with van der Waals surface area (Å²) in [7, 11) is 0. The maximum Gasteiger partial charge on any atom is 0.133 e. The second-order valence-electron chi connectivity index (χ2n) is 3.85. The number of hydrogen-bond acceptors (Lipinski definition) is 2. The van der Waals surface area contributed by atoms with Crippen LogP contribution in [-0.4, -0.2) is 18.3 Å². The molecule has 1 aromatic carbocycles. The molecule has 2 unspecified atom stereocenters. The van der Waals surface area contributed by atoms with Gasteiger partial charge in [0.05, 0.1) is 18.3 Å². The lowest BCUT2D eigenvalue weighted by atomic mass is 9.94. The summed E-state index contributed by atoms with van der Waals surface area (Å²) in [6.07, 6.45) is -0.522. The molecule has 0 bridgehead atoms. The fraction of sp³-hybridized carbons (Fsp3) is 0.455. The second-order valence-corrected chi connectivity index (χ2v) is 4.77. The molecule has 88 valence electrons. The van der Waals surface area contributed by atoms with E-state index in [0.29, 0.717) is 24.1 Å². The van der Waals surface area contributed by atoms with Crippen molar-refractivity contribution >= 4 is 15.9 Å². The quantitative estimate of drug-likeness (QED) is 0.908. The van der Waals surface area contributed by atoms with Gasteiger partial charge in [0.15, 0.2) is 0 Å². The van der Waals surface area contributed by atoms with E-state index in [-0.39, 0.29) is 11.5 Å². The predicted octanol–water partition coefficient (Wildman–Crippen LogP) is 2.80. The van der Waals surface area contributed by atoms with E-state index in [0.717, 1.165) is 12.1 Å². The van der Waals surface area contributed by atoms with E-state index >= 15 is 0 Å². The highest BCUT2D eigenvalue weighted by molar-refractivity contribution is 9.10. The number of rotatable bonds is 2. The van der Waals surface area contributed by atoms with Crippen LogP contribution in [0.25, 0.3) is 0 Å². The topological polar surface area (TPSA) is 29.5 Å². The molecule has 2 atom stereocenters. The zero-order chi connectivity index (χ0) is 11.7. The van der Waals surface area contributed by atoms with Gasteiger partial charge in [-0.2, -0.15) is 0 Å². The largest absolute Gasteiger partial charge is 0.388 e. The highest BCUT2D eigenvalue weighted by Crippen LogP contribution is 2.33. The summed E-state index contributed by atoms with van der Waals surface area (Å²) >= 11 is 2.99. The third-order valence-electron chi connectivity index (χ3n) is 2.75.